The summed E-state index contributed by atoms with van der Waals surface area (Å²) in [6.07, 6.45) is 2.91. The molecule has 0 bridgehead atoms. The highest BCUT2D eigenvalue weighted by Gasteiger charge is 2.28. The molecule has 3 N–H and O–H groups in total. The topological polar surface area (TPSA) is 90.9 Å². The number of nitrogens with one attached hydrogen (secondary N) is 2. The summed E-state index contributed by atoms with van der Waals surface area (Å²) in [6, 6.07) is -0.227. The summed E-state index contributed by atoms with van der Waals surface area (Å²) < 4.78 is 0. The normalized spacial score (nSPS) is 17.1. The van der Waals surface area contributed by atoms with Crippen LogP contribution < -0.4 is 5.32 Å². The summed E-state index contributed by atoms with van der Waals surface area (Å²) in [7, 11) is 0. The zero-order chi connectivity index (χ0) is 11.5. The number of H-pyrrole nitrogens is 1. The Morgan fingerprint density at radius 2 is 2.44 bits per heavy atom. The number of hydrogen-bond donors (Lipinski definition) is 3. The molecule has 1 saturated carbocycles. The minimum Gasteiger partial charge on any atom is -0.394 e. The molecule has 1 aliphatic carbocycles. The van der Waals surface area contributed by atoms with Crippen molar-refractivity contribution in [3.05, 3.63) is 11.6 Å². The molecule has 0 saturated heterocycles. The molecule has 1 amide bonds. The first kappa shape index (κ1) is 11.1. The van der Waals surface area contributed by atoms with Gasteiger partial charge in [-0.15, -0.1) is 5.10 Å². The van der Waals surface area contributed by atoms with Crippen LogP contribution in [0.1, 0.15) is 48.5 Å². The van der Waals surface area contributed by atoms with Crippen molar-refractivity contribution < 1.29 is 9.90 Å². The van der Waals surface area contributed by atoms with Gasteiger partial charge >= 0.3 is 0 Å². The lowest BCUT2D eigenvalue weighted by atomic mass is 10.2. The van der Waals surface area contributed by atoms with E-state index in [0.717, 1.165) is 18.7 Å². The number of rotatable bonds is 5. The molecule has 0 unspecified atom stereocenters. The molecule has 6 nitrogen and oxygen atoms in total. The van der Waals surface area contributed by atoms with E-state index in [1.165, 1.54) is 0 Å². The fourth-order valence-corrected chi connectivity index (χ4v) is 1.44. The smallest absolute Gasteiger partial charge is 0.291 e. The second kappa shape index (κ2) is 4.61. The van der Waals surface area contributed by atoms with Crippen LogP contribution in [0, 0.1) is 0 Å². The molecule has 1 fully saturated rings. The van der Waals surface area contributed by atoms with Crippen molar-refractivity contribution in [2.45, 2.75) is 38.1 Å². The van der Waals surface area contributed by atoms with Gasteiger partial charge < -0.3 is 10.4 Å². The van der Waals surface area contributed by atoms with Gasteiger partial charge in [0.1, 0.15) is 5.82 Å². The molecule has 0 radical (unpaired) electrons. The van der Waals surface area contributed by atoms with E-state index in [1.54, 1.807) is 0 Å². The molecule has 16 heavy (non-hydrogen) atoms. The Morgan fingerprint density at radius 1 is 1.69 bits per heavy atom. The second-order valence-corrected chi connectivity index (χ2v) is 4.08. The van der Waals surface area contributed by atoms with Gasteiger partial charge in [-0.2, -0.15) is 0 Å². The van der Waals surface area contributed by atoms with Gasteiger partial charge in [-0.05, 0) is 19.3 Å². The molecule has 0 aliphatic heterocycles. The number of carbonyl (C=O) groups is 1. The maximum absolute atomic E-state index is 11.7. The maximum Gasteiger partial charge on any atom is 0.291 e. The van der Waals surface area contributed by atoms with Crippen molar-refractivity contribution in [1.29, 1.82) is 0 Å². The van der Waals surface area contributed by atoms with Crippen molar-refractivity contribution in [2.24, 2.45) is 0 Å². The molecule has 1 atom stereocenters. The quantitative estimate of drug-likeness (QED) is 0.665. The zero-order valence-electron chi connectivity index (χ0n) is 9.23. The Labute approximate surface area is 93.5 Å². The van der Waals surface area contributed by atoms with Crippen LogP contribution in [0.15, 0.2) is 0 Å². The van der Waals surface area contributed by atoms with Crippen LogP contribution in [0.4, 0.5) is 0 Å². The Kier molecular flexibility index (Phi) is 3.19. The number of amides is 1. The predicted octanol–water partition coefficient (Wildman–Crippen LogP) is 0.183. The van der Waals surface area contributed by atoms with Crippen LogP contribution in [0.3, 0.4) is 0 Å². The van der Waals surface area contributed by atoms with E-state index in [1.807, 2.05) is 6.92 Å². The molecule has 1 heterocycles. The highest BCUT2D eigenvalue weighted by atomic mass is 16.3. The predicted molar refractivity (Wildman–Crippen MR) is 57.0 cm³/mol. The molecule has 1 aromatic rings. The largest absolute Gasteiger partial charge is 0.394 e. The minimum absolute atomic E-state index is 0.0673. The lowest BCUT2D eigenvalue weighted by molar-refractivity contribution is 0.0904. The third-order valence-corrected chi connectivity index (χ3v) is 2.72. The molecule has 6 heteroatoms. The number of carbonyl (C=O) groups excluding carboxylic acids is 1. The van der Waals surface area contributed by atoms with E-state index in [-0.39, 0.29) is 24.4 Å². The standard InChI is InChI=1S/C10H16N4O2/c1-2-7(5-15)11-10(16)9-12-8(13-14-9)6-3-4-6/h6-7,15H,2-5H2,1H3,(H,11,16)(H,12,13,14)/t7-/m1/s1. The monoisotopic (exact) mass is 224 g/mol. The zero-order valence-corrected chi connectivity index (χ0v) is 9.23. The van der Waals surface area contributed by atoms with E-state index in [2.05, 4.69) is 20.5 Å². The Balaban J connectivity index is 1.96. The lowest BCUT2D eigenvalue weighted by Crippen LogP contribution is -2.37. The molecule has 1 aliphatic rings. The van der Waals surface area contributed by atoms with Crippen molar-refractivity contribution >= 4 is 5.91 Å². The molecule has 88 valence electrons. The summed E-state index contributed by atoms with van der Waals surface area (Å²) in [5.74, 6) is 1.08. The molecular weight excluding hydrogens is 208 g/mol. The number of nitrogens with zero attached hydrogens (tertiary/aromatic N) is 2. The van der Waals surface area contributed by atoms with Crippen molar-refractivity contribution in [2.75, 3.05) is 6.61 Å². The van der Waals surface area contributed by atoms with E-state index in [4.69, 9.17) is 5.11 Å². The van der Waals surface area contributed by atoms with Crippen LogP contribution >= 0.6 is 0 Å². The lowest BCUT2D eigenvalue weighted by Gasteiger charge is -2.11. The van der Waals surface area contributed by atoms with Gasteiger partial charge in [-0.25, -0.2) is 4.98 Å². The van der Waals surface area contributed by atoms with Crippen molar-refractivity contribution in [3.63, 3.8) is 0 Å². The van der Waals surface area contributed by atoms with Crippen LogP contribution in [-0.2, 0) is 0 Å². The first-order valence-electron chi connectivity index (χ1n) is 5.58. The molecular formula is C10H16N4O2. The fraction of sp³-hybridized carbons (Fsp3) is 0.700. The van der Waals surface area contributed by atoms with Gasteiger partial charge in [-0.1, -0.05) is 6.92 Å². The number of aromatic nitrogens is 3. The van der Waals surface area contributed by atoms with Gasteiger partial charge in [0.25, 0.3) is 5.91 Å². The Bertz CT molecular complexity index is 369. The Hall–Kier alpha value is -1.43. The van der Waals surface area contributed by atoms with Gasteiger partial charge in [0, 0.05) is 5.92 Å². The summed E-state index contributed by atoms with van der Waals surface area (Å²) in [5, 5.41) is 18.3. The highest BCUT2D eigenvalue weighted by molar-refractivity contribution is 5.90. The summed E-state index contributed by atoms with van der Waals surface area (Å²) in [6.45, 7) is 1.83. The first-order valence-corrected chi connectivity index (χ1v) is 5.58. The van der Waals surface area contributed by atoms with Gasteiger partial charge in [-0.3, -0.25) is 9.89 Å². The maximum atomic E-state index is 11.7. The summed E-state index contributed by atoms with van der Waals surface area (Å²) >= 11 is 0. The average Bonchev–Trinajstić information content (AvgIpc) is 3.03. The highest BCUT2D eigenvalue weighted by Crippen LogP contribution is 2.37. The van der Waals surface area contributed by atoms with Gasteiger partial charge in [0.05, 0.1) is 12.6 Å². The van der Waals surface area contributed by atoms with Crippen LogP contribution in [-0.4, -0.2) is 38.8 Å². The molecule has 2 rings (SSSR count). The molecule has 0 spiro atoms. The number of aromatic amines is 1. The van der Waals surface area contributed by atoms with E-state index >= 15 is 0 Å². The van der Waals surface area contributed by atoms with Crippen molar-refractivity contribution in [1.82, 2.24) is 20.5 Å². The van der Waals surface area contributed by atoms with Crippen LogP contribution in [0.5, 0.6) is 0 Å². The van der Waals surface area contributed by atoms with E-state index < -0.39 is 0 Å². The minimum atomic E-state index is -0.330. The fourth-order valence-electron chi connectivity index (χ4n) is 1.44. The van der Waals surface area contributed by atoms with E-state index in [0.29, 0.717) is 12.3 Å². The van der Waals surface area contributed by atoms with Crippen LogP contribution in [0.2, 0.25) is 0 Å². The van der Waals surface area contributed by atoms with E-state index in [9.17, 15) is 4.79 Å². The first-order chi connectivity index (χ1) is 7.74. The Morgan fingerprint density at radius 3 is 3.00 bits per heavy atom. The van der Waals surface area contributed by atoms with Crippen LogP contribution in [0.25, 0.3) is 0 Å². The summed E-state index contributed by atoms with van der Waals surface area (Å²) in [5.41, 5.74) is 0. The number of aliphatic hydroxyl groups excluding tert-OH is 1. The third-order valence-electron chi connectivity index (χ3n) is 2.72. The van der Waals surface area contributed by atoms with Gasteiger partial charge in [0.2, 0.25) is 5.82 Å². The number of aliphatic hydroxyl groups is 1. The van der Waals surface area contributed by atoms with Crippen molar-refractivity contribution in [3.8, 4) is 0 Å². The average molecular weight is 224 g/mol. The third kappa shape index (κ3) is 2.38. The molecule has 0 aromatic carbocycles. The number of hydrogen-bond acceptors (Lipinski definition) is 4. The second-order valence-electron chi connectivity index (χ2n) is 4.08. The SMILES string of the molecule is CC[C@H](CO)NC(=O)c1n[nH]c(C2CC2)n1. The molecule has 1 aromatic heterocycles. The summed E-state index contributed by atoms with van der Waals surface area (Å²) in [4.78, 5) is 15.8. The van der Waals surface area contributed by atoms with Gasteiger partial charge in [0.15, 0.2) is 0 Å².